The minimum atomic E-state index is -0.242. The van der Waals surface area contributed by atoms with E-state index in [1.54, 1.807) is 10.7 Å². The van der Waals surface area contributed by atoms with Gasteiger partial charge in [-0.05, 0) is 25.8 Å². The van der Waals surface area contributed by atoms with Gasteiger partial charge in [0.2, 0.25) is 5.82 Å². The molecule has 0 aliphatic heterocycles. The van der Waals surface area contributed by atoms with Crippen LogP contribution in [0.25, 0.3) is 5.78 Å². The third-order valence-electron chi connectivity index (χ3n) is 2.95. The second kappa shape index (κ2) is 5.12. The molecule has 2 aromatic heterocycles. The van der Waals surface area contributed by atoms with Crippen LogP contribution in [-0.4, -0.2) is 31.5 Å². The van der Waals surface area contributed by atoms with Gasteiger partial charge in [0.05, 0.1) is 0 Å². The smallest absolute Gasteiger partial charge is 0.291 e. The van der Waals surface area contributed by atoms with Gasteiger partial charge in [0.15, 0.2) is 0 Å². The Labute approximate surface area is 105 Å². The maximum Gasteiger partial charge on any atom is 0.291 e. The van der Waals surface area contributed by atoms with Crippen molar-refractivity contribution in [1.82, 2.24) is 24.9 Å². The molecule has 0 aliphatic rings. The minimum Gasteiger partial charge on any atom is -0.347 e. The van der Waals surface area contributed by atoms with E-state index in [1.807, 2.05) is 26.8 Å². The fourth-order valence-corrected chi connectivity index (χ4v) is 1.75. The molecule has 0 unspecified atom stereocenters. The summed E-state index contributed by atoms with van der Waals surface area (Å²) in [5.74, 6) is 0.377. The van der Waals surface area contributed by atoms with Gasteiger partial charge in [-0.3, -0.25) is 4.79 Å². The second-order valence-electron chi connectivity index (χ2n) is 4.22. The van der Waals surface area contributed by atoms with Gasteiger partial charge in [-0.2, -0.15) is 4.98 Å². The topological polar surface area (TPSA) is 72.2 Å². The fourth-order valence-electron chi connectivity index (χ4n) is 1.75. The van der Waals surface area contributed by atoms with Crippen molar-refractivity contribution in [2.75, 3.05) is 0 Å². The maximum absolute atomic E-state index is 12.0. The van der Waals surface area contributed by atoms with E-state index in [1.165, 1.54) is 0 Å². The van der Waals surface area contributed by atoms with E-state index < -0.39 is 0 Å². The van der Waals surface area contributed by atoms with Gasteiger partial charge in [0.25, 0.3) is 11.7 Å². The third-order valence-corrected chi connectivity index (χ3v) is 2.95. The molecule has 0 radical (unpaired) electrons. The van der Waals surface area contributed by atoms with Crippen LogP contribution in [0.2, 0.25) is 0 Å². The van der Waals surface area contributed by atoms with E-state index >= 15 is 0 Å². The Morgan fingerprint density at radius 3 is 2.78 bits per heavy atom. The summed E-state index contributed by atoms with van der Waals surface area (Å²) in [4.78, 5) is 20.2. The average Bonchev–Trinajstić information content (AvgIpc) is 2.81. The van der Waals surface area contributed by atoms with Gasteiger partial charge < -0.3 is 5.32 Å². The summed E-state index contributed by atoms with van der Waals surface area (Å²) in [6.45, 7) is 5.97. The van der Waals surface area contributed by atoms with Gasteiger partial charge in [0, 0.05) is 17.9 Å². The van der Waals surface area contributed by atoms with Crippen molar-refractivity contribution in [3.63, 3.8) is 0 Å². The average molecular weight is 247 g/mol. The highest BCUT2D eigenvalue weighted by Crippen LogP contribution is 2.03. The standard InChI is InChI=1S/C12H17N5O/c1-4-9(5-2)14-11(18)10-15-12-13-7-6-8(3)17(12)16-10/h6-7,9H,4-5H2,1-3H3,(H,14,18). The summed E-state index contributed by atoms with van der Waals surface area (Å²) in [5, 5.41) is 7.07. The summed E-state index contributed by atoms with van der Waals surface area (Å²) < 4.78 is 1.57. The van der Waals surface area contributed by atoms with Crippen LogP contribution in [0.15, 0.2) is 12.3 Å². The number of fused-ring (bicyclic) bond motifs is 1. The summed E-state index contributed by atoms with van der Waals surface area (Å²) in [6, 6.07) is 1.99. The van der Waals surface area contributed by atoms with Gasteiger partial charge in [-0.1, -0.05) is 13.8 Å². The summed E-state index contributed by atoms with van der Waals surface area (Å²) in [6.07, 6.45) is 3.45. The second-order valence-corrected chi connectivity index (χ2v) is 4.22. The quantitative estimate of drug-likeness (QED) is 0.885. The lowest BCUT2D eigenvalue weighted by Gasteiger charge is -2.12. The zero-order valence-corrected chi connectivity index (χ0v) is 10.8. The molecule has 6 nitrogen and oxygen atoms in total. The molecule has 0 saturated carbocycles. The molecule has 2 aromatic rings. The Kier molecular flexibility index (Phi) is 3.55. The van der Waals surface area contributed by atoms with E-state index in [4.69, 9.17) is 0 Å². The number of aryl methyl sites for hydroxylation is 1. The number of aromatic nitrogens is 4. The summed E-state index contributed by atoms with van der Waals surface area (Å²) in [5.41, 5.74) is 0.897. The predicted molar refractivity (Wildman–Crippen MR) is 67.4 cm³/mol. The predicted octanol–water partition coefficient (Wildman–Crippen LogP) is 1.35. The molecule has 0 fully saturated rings. The van der Waals surface area contributed by atoms with Crippen LogP contribution >= 0.6 is 0 Å². The Balaban J connectivity index is 2.26. The lowest BCUT2D eigenvalue weighted by Crippen LogP contribution is -2.34. The van der Waals surface area contributed by atoms with Crippen molar-refractivity contribution in [3.8, 4) is 0 Å². The Hall–Kier alpha value is -1.98. The molecule has 0 aliphatic carbocycles. The highest BCUT2D eigenvalue weighted by Gasteiger charge is 2.16. The first-order valence-corrected chi connectivity index (χ1v) is 6.15. The van der Waals surface area contributed by atoms with Crippen LogP contribution in [0.3, 0.4) is 0 Å². The molecule has 0 saturated heterocycles. The van der Waals surface area contributed by atoms with Gasteiger partial charge in [-0.15, -0.1) is 5.10 Å². The number of hydrogen-bond acceptors (Lipinski definition) is 4. The van der Waals surface area contributed by atoms with Crippen molar-refractivity contribution in [2.24, 2.45) is 0 Å². The number of carbonyl (C=O) groups is 1. The lowest BCUT2D eigenvalue weighted by molar-refractivity contribution is 0.0924. The molecule has 0 atom stereocenters. The van der Waals surface area contributed by atoms with Crippen LogP contribution in [0.4, 0.5) is 0 Å². The molecule has 2 heterocycles. The summed E-state index contributed by atoms with van der Waals surface area (Å²) >= 11 is 0. The normalized spacial score (nSPS) is 11.1. The van der Waals surface area contributed by atoms with Crippen molar-refractivity contribution in [3.05, 3.63) is 23.8 Å². The zero-order chi connectivity index (χ0) is 13.1. The number of hydrogen-bond donors (Lipinski definition) is 1. The van der Waals surface area contributed by atoms with E-state index in [2.05, 4.69) is 20.4 Å². The molecule has 2 rings (SSSR count). The van der Waals surface area contributed by atoms with Crippen LogP contribution < -0.4 is 5.32 Å². The molecule has 0 aromatic carbocycles. The Morgan fingerprint density at radius 1 is 1.44 bits per heavy atom. The molecular formula is C12H17N5O. The van der Waals surface area contributed by atoms with Gasteiger partial charge in [0.1, 0.15) is 0 Å². The minimum absolute atomic E-state index is 0.165. The number of carbonyl (C=O) groups excluding carboxylic acids is 1. The van der Waals surface area contributed by atoms with Crippen LogP contribution in [0.5, 0.6) is 0 Å². The number of nitrogens with zero attached hydrogens (tertiary/aromatic N) is 4. The van der Waals surface area contributed by atoms with Gasteiger partial charge >= 0.3 is 0 Å². The molecular weight excluding hydrogens is 230 g/mol. The highest BCUT2D eigenvalue weighted by molar-refractivity contribution is 5.91. The Bertz CT molecular complexity index is 559. The third kappa shape index (κ3) is 2.32. The van der Waals surface area contributed by atoms with Crippen molar-refractivity contribution in [1.29, 1.82) is 0 Å². The molecule has 0 spiro atoms. The monoisotopic (exact) mass is 247 g/mol. The SMILES string of the molecule is CCC(CC)NC(=O)c1nc2nccc(C)n2n1. The van der Waals surface area contributed by atoms with Crippen LogP contribution in [-0.2, 0) is 0 Å². The zero-order valence-electron chi connectivity index (χ0n) is 10.8. The molecule has 1 amide bonds. The first-order chi connectivity index (χ1) is 8.65. The molecule has 96 valence electrons. The number of rotatable bonds is 4. The first-order valence-electron chi connectivity index (χ1n) is 6.15. The van der Waals surface area contributed by atoms with Crippen molar-refractivity contribution >= 4 is 11.7 Å². The van der Waals surface area contributed by atoms with E-state index in [9.17, 15) is 4.79 Å². The number of nitrogens with one attached hydrogen (secondary N) is 1. The van der Waals surface area contributed by atoms with E-state index in [-0.39, 0.29) is 17.8 Å². The highest BCUT2D eigenvalue weighted by atomic mass is 16.2. The molecule has 6 heteroatoms. The maximum atomic E-state index is 12.0. The van der Waals surface area contributed by atoms with Crippen LogP contribution in [0, 0.1) is 6.92 Å². The van der Waals surface area contributed by atoms with Crippen LogP contribution in [0.1, 0.15) is 43.0 Å². The van der Waals surface area contributed by atoms with Crippen molar-refractivity contribution < 1.29 is 4.79 Å². The molecule has 18 heavy (non-hydrogen) atoms. The largest absolute Gasteiger partial charge is 0.347 e. The Morgan fingerprint density at radius 2 is 2.17 bits per heavy atom. The molecule has 1 N–H and O–H groups in total. The molecule has 0 bridgehead atoms. The lowest BCUT2D eigenvalue weighted by atomic mass is 10.2. The fraction of sp³-hybridized carbons (Fsp3) is 0.500. The van der Waals surface area contributed by atoms with Gasteiger partial charge in [-0.25, -0.2) is 9.50 Å². The number of amides is 1. The van der Waals surface area contributed by atoms with Crippen molar-refractivity contribution in [2.45, 2.75) is 39.7 Å². The summed E-state index contributed by atoms with van der Waals surface area (Å²) in [7, 11) is 0. The van der Waals surface area contributed by atoms with E-state index in [0.29, 0.717) is 5.78 Å². The van der Waals surface area contributed by atoms with E-state index in [0.717, 1.165) is 18.5 Å². The first kappa shape index (κ1) is 12.5.